The summed E-state index contributed by atoms with van der Waals surface area (Å²) in [5.41, 5.74) is 1.41. The van der Waals surface area contributed by atoms with Crippen molar-refractivity contribution in [2.75, 3.05) is 7.11 Å². The lowest BCUT2D eigenvalue weighted by molar-refractivity contribution is 0.411. The third kappa shape index (κ3) is 3.79. The first-order chi connectivity index (χ1) is 10.0. The number of halogens is 2. The number of methoxy groups -OCH3 is 1. The van der Waals surface area contributed by atoms with Crippen molar-refractivity contribution in [3.8, 4) is 16.9 Å². The molecule has 2 aromatic rings. The first kappa shape index (κ1) is 15.4. The lowest BCUT2D eigenvalue weighted by Crippen LogP contribution is -2.21. The predicted molar refractivity (Wildman–Crippen MR) is 80.3 cm³/mol. The summed E-state index contributed by atoms with van der Waals surface area (Å²) in [5, 5.41) is 3.26. The van der Waals surface area contributed by atoms with Crippen molar-refractivity contribution in [3.63, 3.8) is 0 Å². The minimum absolute atomic E-state index is 0.236. The molecule has 0 fully saturated rings. The zero-order valence-electron chi connectivity index (χ0n) is 12.4. The quantitative estimate of drug-likeness (QED) is 0.894. The van der Waals surface area contributed by atoms with Crippen LogP contribution in [0.15, 0.2) is 36.4 Å². The van der Waals surface area contributed by atoms with Gasteiger partial charge in [-0.15, -0.1) is 0 Å². The molecule has 0 aromatic heterocycles. The van der Waals surface area contributed by atoms with Gasteiger partial charge in [0.15, 0.2) is 0 Å². The molecule has 0 amide bonds. The summed E-state index contributed by atoms with van der Waals surface area (Å²) in [6.45, 7) is 4.68. The normalized spacial score (nSPS) is 11.0. The molecule has 21 heavy (non-hydrogen) atoms. The highest BCUT2D eigenvalue weighted by Gasteiger charge is 2.12. The second-order valence-electron chi connectivity index (χ2n) is 5.20. The highest BCUT2D eigenvalue weighted by molar-refractivity contribution is 5.66. The van der Waals surface area contributed by atoms with E-state index in [2.05, 4.69) is 5.32 Å². The summed E-state index contributed by atoms with van der Waals surface area (Å²) in [6.07, 6.45) is 0. The maximum absolute atomic E-state index is 14.1. The van der Waals surface area contributed by atoms with Gasteiger partial charge in [0.25, 0.3) is 0 Å². The molecule has 2 rings (SSSR count). The second-order valence-corrected chi connectivity index (χ2v) is 5.20. The molecule has 0 spiro atoms. The number of benzene rings is 2. The molecular formula is C17H19F2NO. The Kier molecular flexibility index (Phi) is 4.91. The first-order valence-corrected chi connectivity index (χ1v) is 6.87. The van der Waals surface area contributed by atoms with E-state index in [1.165, 1.54) is 25.3 Å². The van der Waals surface area contributed by atoms with Crippen LogP contribution in [0, 0.1) is 11.6 Å². The van der Waals surface area contributed by atoms with Crippen LogP contribution in [0.5, 0.6) is 5.75 Å². The average molecular weight is 291 g/mol. The molecule has 112 valence electrons. The Morgan fingerprint density at radius 2 is 1.76 bits per heavy atom. The number of ether oxygens (including phenoxy) is 1. The summed E-state index contributed by atoms with van der Waals surface area (Å²) < 4.78 is 33.0. The Balaban J connectivity index is 2.36. The topological polar surface area (TPSA) is 21.3 Å². The lowest BCUT2D eigenvalue weighted by Gasteiger charge is -2.11. The fraction of sp³-hybridized carbons (Fsp3) is 0.294. The van der Waals surface area contributed by atoms with Gasteiger partial charge in [-0.1, -0.05) is 19.9 Å². The van der Waals surface area contributed by atoms with Crippen LogP contribution in [0.3, 0.4) is 0 Å². The van der Waals surface area contributed by atoms with E-state index < -0.39 is 11.6 Å². The van der Waals surface area contributed by atoms with Crippen LogP contribution in [0.4, 0.5) is 8.78 Å². The molecule has 0 saturated carbocycles. The Morgan fingerprint density at radius 1 is 1.00 bits per heavy atom. The summed E-state index contributed by atoms with van der Waals surface area (Å²) in [6, 6.07) is 9.50. The van der Waals surface area contributed by atoms with Crippen LogP contribution in [0.1, 0.15) is 19.4 Å². The molecule has 1 N–H and O–H groups in total. The van der Waals surface area contributed by atoms with Gasteiger partial charge in [0.2, 0.25) is 0 Å². The molecule has 0 saturated heterocycles. The molecule has 0 radical (unpaired) electrons. The van der Waals surface area contributed by atoms with Crippen molar-refractivity contribution in [2.24, 2.45) is 0 Å². The van der Waals surface area contributed by atoms with Crippen LogP contribution in [0.25, 0.3) is 11.1 Å². The van der Waals surface area contributed by atoms with Crippen molar-refractivity contribution < 1.29 is 13.5 Å². The van der Waals surface area contributed by atoms with Gasteiger partial charge < -0.3 is 10.1 Å². The van der Waals surface area contributed by atoms with Gasteiger partial charge in [0.1, 0.15) is 17.4 Å². The molecule has 2 nitrogen and oxygen atoms in total. The minimum Gasteiger partial charge on any atom is -0.497 e. The van der Waals surface area contributed by atoms with Crippen LogP contribution in [0.2, 0.25) is 0 Å². The van der Waals surface area contributed by atoms with Crippen molar-refractivity contribution in [3.05, 3.63) is 53.6 Å². The molecule has 0 unspecified atom stereocenters. The van der Waals surface area contributed by atoms with E-state index >= 15 is 0 Å². The Morgan fingerprint density at radius 3 is 2.38 bits per heavy atom. The van der Waals surface area contributed by atoms with Crippen LogP contribution >= 0.6 is 0 Å². The smallest absolute Gasteiger partial charge is 0.134 e. The first-order valence-electron chi connectivity index (χ1n) is 6.87. The van der Waals surface area contributed by atoms with Crippen LogP contribution in [-0.2, 0) is 6.54 Å². The lowest BCUT2D eigenvalue weighted by atomic mass is 10.0. The van der Waals surface area contributed by atoms with Crippen LogP contribution in [-0.4, -0.2) is 13.2 Å². The molecular weight excluding hydrogens is 272 g/mol. The maximum atomic E-state index is 14.1. The maximum Gasteiger partial charge on any atom is 0.134 e. The number of hydrogen-bond donors (Lipinski definition) is 1. The molecule has 0 aliphatic rings. The Labute approximate surface area is 123 Å². The zero-order valence-corrected chi connectivity index (χ0v) is 12.4. The van der Waals surface area contributed by atoms with Gasteiger partial charge in [0, 0.05) is 29.8 Å². The summed E-state index contributed by atoms with van der Waals surface area (Å²) in [5.74, 6) is -0.524. The average Bonchev–Trinajstić information content (AvgIpc) is 2.46. The molecule has 0 aliphatic heterocycles. The summed E-state index contributed by atoms with van der Waals surface area (Å²) in [7, 11) is 1.47. The van der Waals surface area contributed by atoms with E-state index in [9.17, 15) is 8.78 Å². The highest BCUT2D eigenvalue weighted by atomic mass is 19.1. The molecule has 4 heteroatoms. The minimum atomic E-state index is -0.498. The molecule has 2 aromatic carbocycles. The van der Waals surface area contributed by atoms with E-state index in [4.69, 9.17) is 4.74 Å². The van der Waals surface area contributed by atoms with Crippen molar-refractivity contribution in [1.29, 1.82) is 0 Å². The summed E-state index contributed by atoms with van der Waals surface area (Å²) >= 11 is 0. The third-order valence-electron chi connectivity index (χ3n) is 3.21. The fourth-order valence-corrected chi connectivity index (χ4v) is 2.05. The highest BCUT2D eigenvalue weighted by Crippen LogP contribution is 2.29. The Bertz CT molecular complexity index is 626. The SMILES string of the molecule is COc1ccc(-c2cc(CNC(C)C)ccc2F)c(F)c1. The Hall–Kier alpha value is -1.94. The number of nitrogens with one attached hydrogen (secondary N) is 1. The largest absolute Gasteiger partial charge is 0.497 e. The second kappa shape index (κ2) is 6.68. The monoisotopic (exact) mass is 291 g/mol. The molecule has 0 heterocycles. The van der Waals surface area contributed by atoms with Gasteiger partial charge in [0.05, 0.1) is 7.11 Å². The molecule has 0 bridgehead atoms. The van der Waals surface area contributed by atoms with Gasteiger partial charge >= 0.3 is 0 Å². The predicted octanol–water partition coefficient (Wildman–Crippen LogP) is 4.14. The third-order valence-corrected chi connectivity index (χ3v) is 3.21. The van der Waals surface area contributed by atoms with E-state index in [1.807, 2.05) is 13.8 Å². The standard InChI is InChI=1S/C17H19F2NO/c1-11(2)20-10-12-4-7-16(18)15(8-12)14-6-5-13(21-3)9-17(14)19/h4-9,11,20H,10H2,1-3H3. The van der Waals surface area contributed by atoms with Gasteiger partial charge in [-0.3, -0.25) is 0 Å². The van der Waals surface area contributed by atoms with E-state index in [0.717, 1.165) is 5.56 Å². The molecule has 0 aliphatic carbocycles. The van der Waals surface area contributed by atoms with Crippen LogP contribution < -0.4 is 10.1 Å². The number of hydrogen-bond acceptors (Lipinski definition) is 2. The van der Waals surface area contributed by atoms with Gasteiger partial charge in [-0.25, -0.2) is 8.78 Å². The zero-order chi connectivity index (χ0) is 15.4. The molecule has 0 atom stereocenters. The van der Waals surface area contributed by atoms with E-state index in [0.29, 0.717) is 18.3 Å². The van der Waals surface area contributed by atoms with E-state index in [1.54, 1.807) is 18.2 Å². The van der Waals surface area contributed by atoms with E-state index in [-0.39, 0.29) is 11.1 Å². The summed E-state index contributed by atoms with van der Waals surface area (Å²) in [4.78, 5) is 0. The van der Waals surface area contributed by atoms with Gasteiger partial charge in [-0.05, 0) is 29.8 Å². The van der Waals surface area contributed by atoms with Crippen molar-refractivity contribution in [1.82, 2.24) is 5.32 Å². The van der Waals surface area contributed by atoms with Crippen molar-refractivity contribution >= 4 is 0 Å². The number of rotatable bonds is 5. The van der Waals surface area contributed by atoms with Crippen molar-refractivity contribution in [2.45, 2.75) is 26.4 Å². The fourth-order valence-electron chi connectivity index (χ4n) is 2.05. The van der Waals surface area contributed by atoms with Gasteiger partial charge in [-0.2, -0.15) is 0 Å².